The summed E-state index contributed by atoms with van der Waals surface area (Å²) in [6.07, 6.45) is 2.39. The molecule has 0 radical (unpaired) electrons. The highest BCUT2D eigenvalue weighted by Crippen LogP contribution is 2.23. The van der Waals surface area contributed by atoms with Crippen molar-refractivity contribution in [1.82, 2.24) is 9.97 Å². The van der Waals surface area contributed by atoms with Crippen LogP contribution in [-0.2, 0) is 0 Å². The number of hydrogen-bond acceptors (Lipinski definition) is 5. The Hall–Kier alpha value is -2.63. The van der Waals surface area contributed by atoms with Gasteiger partial charge in [0.1, 0.15) is 17.8 Å². The predicted molar refractivity (Wildman–Crippen MR) is 108 cm³/mol. The number of nitrogens with one attached hydrogen (secondary N) is 2. The fourth-order valence-electron chi connectivity index (χ4n) is 2.67. The smallest absolute Gasteiger partial charge is 0.274 e. The lowest BCUT2D eigenvalue weighted by Gasteiger charge is -2.22. The van der Waals surface area contributed by atoms with E-state index >= 15 is 0 Å². The second kappa shape index (κ2) is 9.17. The molecule has 0 fully saturated rings. The van der Waals surface area contributed by atoms with E-state index < -0.39 is 0 Å². The van der Waals surface area contributed by atoms with E-state index in [4.69, 9.17) is 0 Å². The first-order valence-electron chi connectivity index (χ1n) is 9.23. The van der Waals surface area contributed by atoms with Gasteiger partial charge in [-0.15, -0.1) is 0 Å². The van der Waals surface area contributed by atoms with Crippen molar-refractivity contribution >= 4 is 23.1 Å². The molecule has 0 aliphatic heterocycles. The molecule has 1 amide bonds. The minimum Gasteiger partial charge on any atom is -0.372 e. The van der Waals surface area contributed by atoms with Gasteiger partial charge in [0.25, 0.3) is 5.91 Å². The molecule has 6 heteroatoms. The Morgan fingerprint density at radius 3 is 2.50 bits per heavy atom. The average Bonchev–Trinajstić information content (AvgIpc) is 2.65. The van der Waals surface area contributed by atoms with E-state index in [1.54, 1.807) is 6.07 Å². The topological polar surface area (TPSA) is 70.2 Å². The quantitative estimate of drug-likeness (QED) is 0.746. The predicted octanol–water partition coefficient (Wildman–Crippen LogP) is 4.09. The molecule has 2 aromatic rings. The van der Waals surface area contributed by atoms with Crippen LogP contribution < -0.4 is 15.5 Å². The standard InChI is InChI=1S/C20H29N5O/c1-6-15(5)23-19-12-18(21-13-22-19)20(26)24-17-10-9-16(11-14(17)4)25(7-2)8-3/h9-13,15H,6-8H2,1-5H3,(H,24,26)(H,21,22,23). The molecular weight excluding hydrogens is 326 g/mol. The van der Waals surface area contributed by atoms with Gasteiger partial charge < -0.3 is 15.5 Å². The fraction of sp³-hybridized carbons (Fsp3) is 0.450. The number of rotatable bonds is 8. The molecule has 1 aromatic carbocycles. The van der Waals surface area contributed by atoms with Gasteiger partial charge in [-0.05, 0) is 57.9 Å². The lowest BCUT2D eigenvalue weighted by Crippen LogP contribution is -2.22. The first-order valence-corrected chi connectivity index (χ1v) is 9.23. The van der Waals surface area contributed by atoms with Gasteiger partial charge in [0.05, 0.1) is 0 Å². The first-order chi connectivity index (χ1) is 12.5. The third-order valence-electron chi connectivity index (χ3n) is 4.49. The highest BCUT2D eigenvalue weighted by molar-refractivity contribution is 6.03. The summed E-state index contributed by atoms with van der Waals surface area (Å²) in [5, 5.41) is 6.21. The lowest BCUT2D eigenvalue weighted by atomic mass is 10.1. The van der Waals surface area contributed by atoms with Gasteiger partial charge in [0, 0.05) is 36.6 Å². The summed E-state index contributed by atoms with van der Waals surface area (Å²) < 4.78 is 0. The Morgan fingerprint density at radius 1 is 1.15 bits per heavy atom. The number of benzene rings is 1. The molecule has 1 aromatic heterocycles. The van der Waals surface area contributed by atoms with Gasteiger partial charge in [0.2, 0.25) is 0 Å². The monoisotopic (exact) mass is 355 g/mol. The SMILES string of the molecule is CCC(C)Nc1cc(C(=O)Nc2ccc(N(CC)CC)cc2C)ncn1. The lowest BCUT2D eigenvalue weighted by molar-refractivity contribution is 0.102. The number of aromatic nitrogens is 2. The van der Waals surface area contributed by atoms with Crippen LogP contribution in [0.1, 0.15) is 50.2 Å². The van der Waals surface area contributed by atoms with E-state index in [0.29, 0.717) is 11.5 Å². The van der Waals surface area contributed by atoms with Crippen molar-refractivity contribution in [2.75, 3.05) is 28.6 Å². The van der Waals surface area contributed by atoms with Crippen LogP contribution >= 0.6 is 0 Å². The van der Waals surface area contributed by atoms with Crippen LogP contribution in [0.15, 0.2) is 30.6 Å². The summed E-state index contributed by atoms with van der Waals surface area (Å²) in [6, 6.07) is 8.04. The zero-order valence-electron chi connectivity index (χ0n) is 16.3. The van der Waals surface area contributed by atoms with Crippen molar-refractivity contribution in [2.45, 2.75) is 47.1 Å². The third-order valence-corrected chi connectivity index (χ3v) is 4.49. The number of amides is 1. The fourth-order valence-corrected chi connectivity index (χ4v) is 2.67. The minimum atomic E-state index is -0.238. The van der Waals surface area contributed by atoms with E-state index in [1.807, 2.05) is 19.1 Å². The van der Waals surface area contributed by atoms with Gasteiger partial charge in [-0.25, -0.2) is 9.97 Å². The Kier molecular flexibility index (Phi) is 6.95. The van der Waals surface area contributed by atoms with Crippen molar-refractivity contribution in [3.63, 3.8) is 0 Å². The second-order valence-corrected chi connectivity index (χ2v) is 6.37. The zero-order chi connectivity index (χ0) is 19.1. The summed E-state index contributed by atoms with van der Waals surface area (Å²) in [5.41, 5.74) is 3.32. The summed E-state index contributed by atoms with van der Waals surface area (Å²) in [7, 11) is 0. The minimum absolute atomic E-state index is 0.238. The highest BCUT2D eigenvalue weighted by atomic mass is 16.1. The normalized spacial score (nSPS) is 11.7. The second-order valence-electron chi connectivity index (χ2n) is 6.37. The summed E-state index contributed by atoms with van der Waals surface area (Å²) in [6.45, 7) is 12.3. The van der Waals surface area contributed by atoms with Crippen LogP contribution in [-0.4, -0.2) is 35.0 Å². The van der Waals surface area contributed by atoms with Gasteiger partial charge >= 0.3 is 0 Å². The number of hydrogen-bond donors (Lipinski definition) is 2. The van der Waals surface area contributed by atoms with Crippen molar-refractivity contribution in [3.8, 4) is 0 Å². The van der Waals surface area contributed by atoms with Crippen LogP contribution in [0.5, 0.6) is 0 Å². The molecule has 0 aliphatic carbocycles. The molecular formula is C20H29N5O. The van der Waals surface area contributed by atoms with Crippen LogP contribution in [0.25, 0.3) is 0 Å². The van der Waals surface area contributed by atoms with Crippen LogP contribution in [0.3, 0.4) is 0 Å². The average molecular weight is 355 g/mol. The number of carbonyl (C=O) groups excluding carboxylic acids is 1. The van der Waals surface area contributed by atoms with Gasteiger partial charge in [-0.3, -0.25) is 4.79 Å². The van der Waals surface area contributed by atoms with Crippen LogP contribution in [0.2, 0.25) is 0 Å². The highest BCUT2D eigenvalue weighted by Gasteiger charge is 2.12. The summed E-state index contributed by atoms with van der Waals surface area (Å²) in [5.74, 6) is 0.423. The van der Waals surface area contributed by atoms with Crippen molar-refractivity contribution in [1.29, 1.82) is 0 Å². The van der Waals surface area contributed by atoms with Gasteiger partial charge in [-0.2, -0.15) is 0 Å². The molecule has 0 bridgehead atoms. The number of carbonyl (C=O) groups is 1. The molecule has 1 unspecified atom stereocenters. The molecule has 1 heterocycles. The molecule has 0 saturated heterocycles. The Balaban J connectivity index is 2.13. The maximum Gasteiger partial charge on any atom is 0.274 e. The summed E-state index contributed by atoms with van der Waals surface area (Å²) >= 11 is 0. The Bertz CT molecular complexity index is 743. The largest absolute Gasteiger partial charge is 0.372 e. The van der Waals surface area contributed by atoms with Gasteiger partial charge in [0.15, 0.2) is 0 Å². The van der Waals surface area contributed by atoms with E-state index in [-0.39, 0.29) is 11.9 Å². The third kappa shape index (κ3) is 4.94. The molecule has 0 spiro atoms. The Labute approximate surface area is 156 Å². The van der Waals surface area contributed by atoms with E-state index in [0.717, 1.165) is 36.4 Å². The molecule has 0 aliphatic rings. The number of anilines is 3. The zero-order valence-corrected chi connectivity index (χ0v) is 16.3. The first kappa shape index (κ1) is 19.7. The van der Waals surface area contributed by atoms with E-state index in [1.165, 1.54) is 6.33 Å². The van der Waals surface area contributed by atoms with Crippen LogP contribution in [0.4, 0.5) is 17.2 Å². The van der Waals surface area contributed by atoms with E-state index in [2.05, 4.69) is 59.3 Å². The maximum atomic E-state index is 12.6. The molecule has 26 heavy (non-hydrogen) atoms. The Morgan fingerprint density at radius 2 is 1.88 bits per heavy atom. The van der Waals surface area contributed by atoms with E-state index in [9.17, 15) is 4.79 Å². The number of aryl methyl sites for hydroxylation is 1. The molecule has 140 valence electrons. The summed E-state index contributed by atoms with van der Waals surface area (Å²) in [4.78, 5) is 23.1. The molecule has 2 rings (SSSR count). The van der Waals surface area contributed by atoms with Crippen molar-refractivity contribution < 1.29 is 4.79 Å². The molecule has 0 saturated carbocycles. The molecule has 6 nitrogen and oxygen atoms in total. The van der Waals surface area contributed by atoms with Crippen molar-refractivity contribution in [3.05, 3.63) is 41.9 Å². The number of nitrogens with zero attached hydrogens (tertiary/aromatic N) is 3. The van der Waals surface area contributed by atoms with Crippen molar-refractivity contribution in [2.24, 2.45) is 0 Å². The van der Waals surface area contributed by atoms with Crippen LogP contribution in [0, 0.1) is 6.92 Å². The maximum absolute atomic E-state index is 12.6. The molecule has 1 atom stereocenters. The van der Waals surface area contributed by atoms with Gasteiger partial charge in [-0.1, -0.05) is 6.92 Å². The molecule has 2 N–H and O–H groups in total.